The number of amides is 1. The fourth-order valence-corrected chi connectivity index (χ4v) is 2.93. The van der Waals surface area contributed by atoms with E-state index in [-0.39, 0.29) is 17.7 Å². The highest BCUT2D eigenvalue weighted by Crippen LogP contribution is 2.36. The Morgan fingerprint density at radius 3 is 2.88 bits per heavy atom. The van der Waals surface area contributed by atoms with Crippen LogP contribution >= 0.6 is 0 Å². The van der Waals surface area contributed by atoms with E-state index in [1.54, 1.807) is 6.20 Å². The molecule has 0 spiro atoms. The molecule has 2 heterocycles. The number of nitrogens with zero attached hydrogens (tertiary/aromatic N) is 3. The van der Waals surface area contributed by atoms with Gasteiger partial charge in [0.25, 0.3) is 0 Å². The summed E-state index contributed by atoms with van der Waals surface area (Å²) in [5, 5.41) is 21.1. The number of H-pyrrole nitrogens is 1. The minimum absolute atomic E-state index is 0.0629. The van der Waals surface area contributed by atoms with Crippen LogP contribution in [-0.4, -0.2) is 38.1 Å². The number of nitrogens with one attached hydrogen (secondary N) is 3. The zero-order chi connectivity index (χ0) is 17.9. The number of alkyl carbamates (subject to hydrolysis) is 1. The fourth-order valence-electron chi connectivity index (χ4n) is 2.93. The van der Waals surface area contributed by atoms with Gasteiger partial charge in [0.2, 0.25) is 0 Å². The summed E-state index contributed by atoms with van der Waals surface area (Å²) >= 11 is 0. The summed E-state index contributed by atoms with van der Waals surface area (Å²) in [4.78, 5) is 11.9. The van der Waals surface area contributed by atoms with Crippen molar-refractivity contribution >= 4 is 17.7 Å². The molecule has 3 N–H and O–H groups in total. The topological polar surface area (TPSA) is 105 Å². The van der Waals surface area contributed by atoms with Crippen LogP contribution in [0.25, 0.3) is 0 Å². The lowest BCUT2D eigenvalue weighted by atomic mass is 10.0. The number of ether oxygens (including phenoxy) is 1. The van der Waals surface area contributed by atoms with Gasteiger partial charge in [-0.15, -0.1) is 5.10 Å². The van der Waals surface area contributed by atoms with Crippen LogP contribution in [0.1, 0.15) is 51.6 Å². The van der Waals surface area contributed by atoms with Gasteiger partial charge >= 0.3 is 6.09 Å². The maximum Gasteiger partial charge on any atom is 0.407 e. The Balaban J connectivity index is 1.53. The van der Waals surface area contributed by atoms with E-state index in [0.29, 0.717) is 17.6 Å². The number of rotatable bonds is 4. The van der Waals surface area contributed by atoms with Crippen molar-refractivity contribution in [1.29, 1.82) is 0 Å². The highest BCUT2D eigenvalue weighted by atomic mass is 16.6. The van der Waals surface area contributed by atoms with Gasteiger partial charge in [0, 0.05) is 29.4 Å². The maximum absolute atomic E-state index is 11.9. The van der Waals surface area contributed by atoms with Crippen molar-refractivity contribution in [1.82, 2.24) is 25.7 Å². The van der Waals surface area contributed by atoms with E-state index in [2.05, 4.69) is 31.0 Å². The van der Waals surface area contributed by atoms with Crippen LogP contribution in [0.2, 0.25) is 0 Å². The molecular formula is C17H24N6O2. The summed E-state index contributed by atoms with van der Waals surface area (Å²) in [7, 11) is 0. The van der Waals surface area contributed by atoms with Crippen LogP contribution in [-0.2, 0) is 4.74 Å². The molecule has 2 aromatic rings. The van der Waals surface area contributed by atoms with Crippen LogP contribution in [0.15, 0.2) is 24.4 Å². The van der Waals surface area contributed by atoms with Gasteiger partial charge in [0.05, 0.1) is 0 Å². The molecule has 0 unspecified atom stereocenters. The molecule has 0 bridgehead atoms. The average molecular weight is 344 g/mol. The number of hydrogen-bond donors (Lipinski definition) is 3. The minimum Gasteiger partial charge on any atom is -0.446 e. The third-order valence-corrected chi connectivity index (χ3v) is 4.00. The van der Waals surface area contributed by atoms with Gasteiger partial charge < -0.3 is 15.4 Å². The van der Waals surface area contributed by atoms with Gasteiger partial charge in [-0.25, -0.2) is 4.79 Å². The smallest absolute Gasteiger partial charge is 0.407 e. The molecule has 8 heteroatoms. The quantitative estimate of drug-likeness (QED) is 0.787. The lowest BCUT2D eigenvalue weighted by Crippen LogP contribution is -2.42. The third kappa shape index (κ3) is 4.91. The van der Waals surface area contributed by atoms with Crippen LogP contribution in [0.5, 0.6) is 0 Å². The van der Waals surface area contributed by atoms with Crippen LogP contribution in [0, 0.1) is 0 Å². The van der Waals surface area contributed by atoms with E-state index < -0.39 is 0 Å². The van der Waals surface area contributed by atoms with E-state index in [1.807, 2.05) is 39.0 Å². The van der Waals surface area contributed by atoms with Gasteiger partial charge in [-0.05, 0) is 52.2 Å². The summed E-state index contributed by atoms with van der Waals surface area (Å²) in [6, 6.07) is 5.61. The first-order chi connectivity index (χ1) is 11.9. The summed E-state index contributed by atoms with van der Waals surface area (Å²) in [6.07, 6.45) is 3.81. The number of anilines is 2. The van der Waals surface area contributed by atoms with Crippen LogP contribution in [0.4, 0.5) is 16.4 Å². The fraction of sp³-hybridized carbons (Fsp3) is 0.529. The van der Waals surface area contributed by atoms with Gasteiger partial charge in [-0.2, -0.15) is 10.2 Å². The summed E-state index contributed by atoms with van der Waals surface area (Å²) in [5.74, 6) is 1.65. The Labute approximate surface area is 146 Å². The molecule has 1 amide bonds. The lowest BCUT2D eigenvalue weighted by molar-refractivity contribution is 0.0937. The first kappa shape index (κ1) is 17.2. The summed E-state index contributed by atoms with van der Waals surface area (Å²) in [6.45, 7) is 5.80. The number of carbonyl (C=O) groups is 1. The molecule has 1 fully saturated rings. The van der Waals surface area contributed by atoms with Crippen molar-refractivity contribution in [2.24, 2.45) is 0 Å². The number of aromatic nitrogens is 4. The van der Waals surface area contributed by atoms with Crippen molar-refractivity contribution in [3.05, 3.63) is 30.1 Å². The zero-order valence-corrected chi connectivity index (χ0v) is 14.7. The molecule has 0 aliphatic heterocycles. The van der Waals surface area contributed by atoms with Crippen molar-refractivity contribution in [2.75, 3.05) is 5.32 Å². The molecule has 25 heavy (non-hydrogen) atoms. The molecule has 2 aromatic heterocycles. The zero-order valence-electron chi connectivity index (χ0n) is 14.7. The number of aromatic amines is 1. The molecule has 1 aliphatic rings. The van der Waals surface area contributed by atoms with Gasteiger partial charge in [-0.1, -0.05) is 0 Å². The van der Waals surface area contributed by atoms with E-state index in [1.165, 1.54) is 0 Å². The molecule has 0 saturated heterocycles. The Kier molecular flexibility index (Phi) is 4.87. The van der Waals surface area contributed by atoms with Crippen LogP contribution < -0.4 is 10.6 Å². The van der Waals surface area contributed by atoms with Crippen molar-refractivity contribution in [2.45, 2.75) is 57.6 Å². The average Bonchev–Trinajstić information content (AvgIpc) is 3.15. The Morgan fingerprint density at radius 1 is 1.32 bits per heavy atom. The second kappa shape index (κ2) is 7.08. The molecule has 0 radical (unpaired) electrons. The van der Waals surface area contributed by atoms with Gasteiger partial charge in [0.15, 0.2) is 11.6 Å². The molecule has 3 rings (SSSR count). The SMILES string of the molecule is CC(C)(C)NC(=O)O[C@@H]1CC[C@H](c2cc(Nc3cccnn3)n[nH]2)C1. The summed E-state index contributed by atoms with van der Waals surface area (Å²) < 4.78 is 5.52. The number of hydrogen-bond acceptors (Lipinski definition) is 6. The molecular weight excluding hydrogens is 320 g/mol. The molecule has 0 aromatic carbocycles. The largest absolute Gasteiger partial charge is 0.446 e. The Hall–Kier alpha value is -2.64. The van der Waals surface area contributed by atoms with Gasteiger partial charge in [0.1, 0.15) is 6.10 Å². The third-order valence-electron chi connectivity index (χ3n) is 4.00. The van der Waals surface area contributed by atoms with Crippen molar-refractivity contribution in [3.63, 3.8) is 0 Å². The predicted molar refractivity (Wildman–Crippen MR) is 93.7 cm³/mol. The van der Waals surface area contributed by atoms with E-state index in [4.69, 9.17) is 4.74 Å². The second-order valence-electron chi connectivity index (χ2n) is 7.35. The first-order valence-electron chi connectivity index (χ1n) is 8.48. The maximum atomic E-state index is 11.9. The first-order valence-corrected chi connectivity index (χ1v) is 8.48. The minimum atomic E-state index is -0.354. The van der Waals surface area contributed by atoms with Crippen molar-refractivity contribution in [3.8, 4) is 0 Å². The van der Waals surface area contributed by atoms with E-state index >= 15 is 0 Å². The van der Waals surface area contributed by atoms with Crippen molar-refractivity contribution < 1.29 is 9.53 Å². The lowest BCUT2D eigenvalue weighted by Gasteiger charge is -2.22. The Morgan fingerprint density at radius 2 is 2.16 bits per heavy atom. The molecule has 134 valence electrons. The molecule has 8 nitrogen and oxygen atoms in total. The van der Waals surface area contributed by atoms with E-state index in [0.717, 1.165) is 25.0 Å². The summed E-state index contributed by atoms with van der Waals surface area (Å²) in [5.41, 5.74) is 0.744. The van der Waals surface area contributed by atoms with Crippen LogP contribution in [0.3, 0.4) is 0 Å². The molecule has 1 saturated carbocycles. The molecule has 1 aliphatic carbocycles. The predicted octanol–water partition coefficient (Wildman–Crippen LogP) is 3.10. The monoisotopic (exact) mass is 344 g/mol. The highest BCUT2D eigenvalue weighted by Gasteiger charge is 2.30. The van der Waals surface area contributed by atoms with Gasteiger partial charge in [-0.3, -0.25) is 5.10 Å². The highest BCUT2D eigenvalue weighted by molar-refractivity contribution is 5.68. The Bertz CT molecular complexity index is 709. The van der Waals surface area contributed by atoms with E-state index in [9.17, 15) is 4.79 Å². The standard InChI is InChI=1S/C17H24N6O2/c1-17(2,3)20-16(24)25-12-7-6-11(9-12)13-10-15(23-21-13)19-14-5-4-8-18-22-14/h4-5,8,10-12H,6-7,9H2,1-3H3,(H,20,24)(H2,19,21,22,23)/t11-,12+/m0/s1. The number of carbonyl (C=O) groups excluding carboxylic acids is 1. The molecule has 2 atom stereocenters. The second-order valence-corrected chi connectivity index (χ2v) is 7.35. The normalized spacial score (nSPS) is 20.3.